The first-order valence-corrected chi connectivity index (χ1v) is 9.21. The molecule has 25 heavy (non-hydrogen) atoms. The molecule has 2 aliphatic heterocycles. The number of H-pyrrole nitrogens is 1. The molecule has 1 saturated heterocycles. The first-order valence-electron chi connectivity index (χ1n) is 9.21. The SMILES string of the molecule is O=C(CC1NCCc2c1[nH]c1ccccc21)NCCN1CCOCC1. The molecule has 6 nitrogen and oxygen atoms in total. The molecule has 3 heterocycles. The minimum atomic E-state index is 0.0690. The fourth-order valence-corrected chi connectivity index (χ4v) is 3.87. The van der Waals surface area contributed by atoms with E-state index in [9.17, 15) is 4.79 Å². The van der Waals surface area contributed by atoms with Crippen LogP contribution >= 0.6 is 0 Å². The van der Waals surface area contributed by atoms with E-state index >= 15 is 0 Å². The molecule has 2 aromatic rings. The topological polar surface area (TPSA) is 69.4 Å². The van der Waals surface area contributed by atoms with Crippen LogP contribution in [0.5, 0.6) is 0 Å². The lowest BCUT2D eigenvalue weighted by Crippen LogP contribution is -2.42. The highest BCUT2D eigenvalue weighted by atomic mass is 16.5. The van der Waals surface area contributed by atoms with E-state index in [1.807, 2.05) is 6.07 Å². The van der Waals surface area contributed by atoms with E-state index in [2.05, 4.69) is 38.7 Å². The van der Waals surface area contributed by atoms with E-state index in [4.69, 9.17) is 4.74 Å². The molecule has 0 saturated carbocycles. The van der Waals surface area contributed by atoms with E-state index < -0.39 is 0 Å². The predicted molar refractivity (Wildman–Crippen MR) is 97.6 cm³/mol. The normalized spacial score (nSPS) is 21.2. The van der Waals surface area contributed by atoms with Gasteiger partial charge in [-0.2, -0.15) is 0 Å². The first kappa shape index (κ1) is 16.6. The monoisotopic (exact) mass is 342 g/mol. The van der Waals surface area contributed by atoms with Crippen LogP contribution in [-0.2, 0) is 16.0 Å². The molecule has 1 unspecified atom stereocenters. The Hall–Kier alpha value is -1.89. The van der Waals surface area contributed by atoms with Crippen molar-refractivity contribution in [2.24, 2.45) is 0 Å². The summed E-state index contributed by atoms with van der Waals surface area (Å²) in [5, 5.41) is 7.84. The Bertz CT molecular complexity index is 736. The maximum atomic E-state index is 12.4. The number of hydrogen-bond acceptors (Lipinski definition) is 4. The molecule has 1 aromatic heterocycles. The molecule has 1 fully saturated rings. The van der Waals surface area contributed by atoms with Gasteiger partial charge in [-0.25, -0.2) is 0 Å². The molecule has 6 heteroatoms. The average Bonchev–Trinajstić information content (AvgIpc) is 3.03. The Kier molecular flexibility index (Phi) is 5.01. The van der Waals surface area contributed by atoms with Crippen molar-refractivity contribution in [1.29, 1.82) is 0 Å². The standard InChI is InChI=1S/C19H26N4O2/c24-18(21-7-8-23-9-11-25-12-10-23)13-17-19-15(5-6-20-17)14-3-1-2-4-16(14)22-19/h1-4,17,20,22H,5-13H2,(H,21,24). The smallest absolute Gasteiger partial charge is 0.222 e. The number of nitrogens with one attached hydrogen (secondary N) is 3. The van der Waals surface area contributed by atoms with Crippen molar-refractivity contribution in [3.63, 3.8) is 0 Å². The van der Waals surface area contributed by atoms with E-state index in [0.717, 1.165) is 51.3 Å². The van der Waals surface area contributed by atoms with Gasteiger partial charge in [0.1, 0.15) is 0 Å². The molecule has 134 valence electrons. The molecular weight excluding hydrogens is 316 g/mol. The summed E-state index contributed by atoms with van der Waals surface area (Å²) in [7, 11) is 0. The third-order valence-electron chi connectivity index (χ3n) is 5.20. The summed E-state index contributed by atoms with van der Waals surface area (Å²) in [5.74, 6) is 0.109. The zero-order valence-electron chi connectivity index (χ0n) is 14.5. The first-order chi connectivity index (χ1) is 12.3. The number of ether oxygens (including phenoxy) is 1. The lowest BCUT2D eigenvalue weighted by Gasteiger charge is -2.27. The minimum Gasteiger partial charge on any atom is -0.379 e. The maximum Gasteiger partial charge on any atom is 0.222 e. The van der Waals surface area contributed by atoms with Crippen molar-refractivity contribution in [3.05, 3.63) is 35.5 Å². The highest BCUT2D eigenvalue weighted by molar-refractivity contribution is 5.85. The van der Waals surface area contributed by atoms with Crippen LogP contribution in [0.2, 0.25) is 0 Å². The molecule has 0 spiro atoms. The Morgan fingerprint density at radius 2 is 2.12 bits per heavy atom. The summed E-state index contributed by atoms with van der Waals surface area (Å²) in [6, 6.07) is 8.46. The van der Waals surface area contributed by atoms with E-state index in [1.165, 1.54) is 16.6 Å². The Balaban J connectivity index is 1.34. The number of hydrogen-bond donors (Lipinski definition) is 3. The third-order valence-corrected chi connectivity index (χ3v) is 5.20. The fourth-order valence-electron chi connectivity index (χ4n) is 3.87. The van der Waals surface area contributed by atoms with E-state index in [0.29, 0.717) is 13.0 Å². The second kappa shape index (κ2) is 7.56. The second-order valence-electron chi connectivity index (χ2n) is 6.83. The van der Waals surface area contributed by atoms with Crippen LogP contribution in [0.1, 0.15) is 23.7 Å². The minimum absolute atomic E-state index is 0.0690. The summed E-state index contributed by atoms with van der Waals surface area (Å²) in [6.45, 7) is 6.01. The van der Waals surface area contributed by atoms with Gasteiger partial charge in [-0.3, -0.25) is 9.69 Å². The zero-order valence-corrected chi connectivity index (χ0v) is 14.5. The molecular formula is C19H26N4O2. The van der Waals surface area contributed by atoms with Gasteiger partial charge in [0.05, 0.1) is 19.3 Å². The van der Waals surface area contributed by atoms with E-state index in [-0.39, 0.29) is 11.9 Å². The van der Waals surface area contributed by atoms with Crippen LogP contribution in [-0.4, -0.2) is 61.7 Å². The summed E-state index contributed by atoms with van der Waals surface area (Å²) >= 11 is 0. The number of para-hydroxylation sites is 1. The van der Waals surface area contributed by atoms with Crippen molar-refractivity contribution < 1.29 is 9.53 Å². The molecule has 1 atom stereocenters. The Morgan fingerprint density at radius 1 is 1.28 bits per heavy atom. The van der Waals surface area contributed by atoms with Gasteiger partial charge in [-0.05, 0) is 24.6 Å². The average molecular weight is 342 g/mol. The number of aromatic nitrogens is 1. The van der Waals surface area contributed by atoms with Crippen LogP contribution in [0.4, 0.5) is 0 Å². The Morgan fingerprint density at radius 3 is 3.00 bits per heavy atom. The lowest BCUT2D eigenvalue weighted by molar-refractivity contribution is -0.121. The van der Waals surface area contributed by atoms with Crippen molar-refractivity contribution >= 4 is 16.8 Å². The number of rotatable bonds is 5. The summed E-state index contributed by atoms with van der Waals surface area (Å²) < 4.78 is 5.35. The quantitative estimate of drug-likeness (QED) is 0.764. The molecule has 0 bridgehead atoms. The second-order valence-corrected chi connectivity index (χ2v) is 6.83. The van der Waals surface area contributed by atoms with Crippen LogP contribution in [0.15, 0.2) is 24.3 Å². The van der Waals surface area contributed by atoms with Gasteiger partial charge in [0.15, 0.2) is 0 Å². The van der Waals surface area contributed by atoms with Gasteiger partial charge in [0.2, 0.25) is 5.91 Å². The largest absolute Gasteiger partial charge is 0.379 e. The lowest BCUT2D eigenvalue weighted by atomic mass is 9.97. The number of carbonyl (C=O) groups excluding carboxylic acids is 1. The number of fused-ring (bicyclic) bond motifs is 3. The van der Waals surface area contributed by atoms with Crippen LogP contribution in [0, 0.1) is 0 Å². The highest BCUT2D eigenvalue weighted by Crippen LogP contribution is 2.31. The van der Waals surface area contributed by atoms with Crippen molar-refractivity contribution in [3.8, 4) is 0 Å². The highest BCUT2D eigenvalue weighted by Gasteiger charge is 2.25. The van der Waals surface area contributed by atoms with Gasteiger partial charge in [0, 0.05) is 49.2 Å². The molecule has 3 N–H and O–H groups in total. The van der Waals surface area contributed by atoms with Crippen LogP contribution in [0.25, 0.3) is 10.9 Å². The summed E-state index contributed by atoms with van der Waals surface area (Å²) in [5.41, 5.74) is 3.70. The molecule has 2 aliphatic rings. The predicted octanol–water partition coefficient (Wildman–Crippen LogP) is 1.19. The number of morpholine rings is 1. The van der Waals surface area contributed by atoms with Gasteiger partial charge < -0.3 is 20.4 Å². The number of nitrogens with zero attached hydrogens (tertiary/aromatic N) is 1. The zero-order chi connectivity index (χ0) is 17.1. The molecule has 4 rings (SSSR count). The fraction of sp³-hybridized carbons (Fsp3) is 0.526. The Labute approximate surface area is 147 Å². The number of amides is 1. The number of carbonyl (C=O) groups is 1. The van der Waals surface area contributed by atoms with Crippen molar-refractivity contribution in [1.82, 2.24) is 20.5 Å². The number of aromatic amines is 1. The molecule has 1 amide bonds. The number of benzene rings is 1. The summed E-state index contributed by atoms with van der Waals surface area (Å²) in [4.78, 5) is 18.2. The molecule has 0 aliphatic carbocycles. The molecule has 0 radical (unpaired) electrons. The van der Waals surface area contributed by atoms with Gasteiger partial charge in [-0.15, -0.1) is 0 Å². The van der Waals surface area contributed by atoms with Gasteiger partial charge in [0.25, 0.3) is 0 Å². The van der Waals surface area contributed by atoms with Crippen molar-refractivity contribution in [2.45, 2.75) is 18.9 Å². The van der Waals surface area contributed by atoms with Gasteiger partial charge in [-0.1, -0.05) is 18.2 Å². The van der Waals surface area contributed by atoms with Crippen molar-refractivity contribution in [2.75, 3.05) is 45.9 Å². The van der Waals surface area contributed by atoms with E-state index in [1.54, 1.807) is 0 Å². The third kappa shape index (κ3) is 3.71. The van der Waals surface area contributed by atoms with Gasteiger partial charge >= 0.3 is 0 Å². The molecule has 1 aromatic carbocycles. The summed E-state index contributed by atoms with van der Waals surface area (Å²) in [6.07, 6.45) is 1.48. The van der Waals surface area contributed by atoms with Crippen LogP contribution in [0.3, 0.4) is 0 Å². The van der Waals surface area contributed by atoms with Crippen LogP contribution < -0.4 is 10.6 Å². The maximum absolute atomic E-state index is 12.4.